The molecular formula is C9H15FN2. The van der Waals surface area contributed by atoms with Gasteiger partial charge in [-0.1, -0.05) is 0 Å². The molecule has 0 spiro atoms. The molecule has 1 aliphatic carbocycles. The van der Waals surface area contributed by atoms with Gasteiger partial charge in [-0.15, -0.1) is 0 Å². The summed E-state index contributed by atoms with van der Waals surface area (Å²) in [4.78, 5) is 2.40. The van der Waals surface area contributed by atoms with Crippen LogP contribution < -0.4 is 5.32 Å². The van der Waals surface area contributed by atoms with E-state index in [1.807, 2.05) is 0 Å². The Morgan fingerprint density at radius 3 is 2.75 bits per heavy atom. The van der Waals surface area contributed by atoms with Crippen LogP contribution >= 0.6 is 0 Å². The lowest BCUT2D eigenvalue weighted by molar-refractivity contribution is 0.157. The summed E-state index contributed by atoms with van der Waals surface area (Å²) in [6.07, 6.45) is 2.05. The fourth-order valence-electron chi connectivity index (χ4n) is 2.65. The first kappa shape index (κ1) is 7.27. The summed E-state index contributed by atoms with van der Waals surface area (Å²) in [6, 6.07) is 0.939. The number of piperidine rings is 1. The average Bonchev–Trinajstić information content (AvgIpc) is 2.87. The number of fused-ring (bicyclic) bond motifs is 2. The molecule has 2 bridgehead atoms. The van der Waals surface area contributed by atoms with Crippen molar-refractivity contribution in [3.05, 3.63) is 0 Å². The number of rotatable bonds is 1. The van der Waals surface area contributed by atoms with E-state index in [1.54, 1.807) is 0 Å². The number of hydrogen-bond donors (Lipinski definition) is 1. The lowest BCUT2D eigenvalue weighted by Crippen LogP contribution is -2.47. The molecular weight excluding hydrogens is 155 g/mol. The maximum absolute atomic E-state index is 13.6. The third kappa shape index (κ3) is 0.927. The van der Waals surface area contributed by atoms with E-state index in [2.05, 4.69) is 10.2 Å². The van der Waals surface area contributed by atoms with Crippen LogP contribution in [0.1, 0.15) is 12.8 Å². The maximum Gasteiger partial charge on any atom is 0.122 e. The summed E-state index contributed by atoms with van der Waals surface area (Å²) in [5.41, 5.74) is 0. The van der Waals surface area contributed by atoms with E-state index in [4.69, 9.17) is 0 Å². The second-order valence-corrected chi connectivity index (χ2v) is 4.36. The Morgan fingerprint density at radius 2 is 2.08 bits per heavy atom. The monoisotopic (exact) mass is 170 g/mol. The van der Waals surface area contributed by atoms with Gasteiger partial charge in [0.15, 0.2) is 0 Å². The number of likely N-dealkylation sites (tertiary alicyclic amines) is 1. The van der Waals surface area contributed by atoms with Gasteiger partial charge in [0.2, 0.25) is 0 Å². The van der Waals surface area contributed by atoms with Crippen molar-refractivity contribution in [2.75, 3.05) is 19.6 Å². The van der Waals surface area contributed by atoms with Crippen molar-refractivity contribution in [1.82, 2.24) is 10.2 Å². The molecule has 2 aliphatic heterocycles. The fourth-order valence-corrected chi connectivity index (χ4v) is 2.65. The van der Waals surface area contributed by atoms with E-state index in [1.165, 1.54) is 12.8 Å². The van der Waals surface area contributed by atoms with Crippen LogP contribution in [-0.2, 0) is 0 Å². The Labute approximate surface area is 72.1 Å². The first-order valence-electron chi connectivity index (χ1n) is 4.97. The summed E-state index contributed by atoms with van der Waals surface area (Å²) in [5.74, 6) is 0.282. The van der Waals surface area contributed by atoms with Crippen molar-refractivity contribution in [1.29, 1.82) is 0 Å². The van der Waals surface area contributed by atoms with Gasteiger partial charge in [0.05, 0.1) is 6.04 Å². The molecule has 0 aromatic carbocycles. The topological polar surface area (TPSA) is 15.3 Å². The predicted octanol–water partition coefficient (Wildman–Crippen LogP) is 0.390. The lowest BCUT2D eigenvalue weighted by atomic mass is 10.00. The standard InChI is InChI=1S/C9H15FN2/c10-9-6-3-11-4-8(9)12(5-6)7-1-2-7/h6-9,11H,1-5H2. The second-order valence-electron chi connectivity index (χ2n) is 4.36. The van der Waals surface area contributed by atoms with E-state index in [-0.39, 0.29) is 12.0 Å². The first-order valence-corrected chi connectivity index (χ1v) is 4.97. The largest absolute Gasteiger partial charge is 0.315 e. The van der Waals surface area contributed by atoms with Gasteiger partial charge in [0, 0.05) is 31.6 Å². The molecule has 0 radical (unpaired) electrons. The molecule has 68 valence electrons. The third-order valence-electron chi connectivity index (χ3n) is 3.47. The molecule has 3 atom stereocenters. The molecule has 0 aromatic rings. The number of halogens is 1. The minimum atomic E-state index is -0.549. The van der Waals surface area contributed by atoms with Crippen LogP contribution in [0.3, 0.4) is 0 Å². The van der Waals surface area contributed by atoms with Gasteiger partial charge in [0.1, 0.15) is 6.17 Å². The van der Waals surface area contributed by atoms with Crippen LogP contribution in [0, 0.1) is 5.92 Å². The van der Waals surface area contributed by atoms with E-state index < -0.39 is 6.17 Å². The Kier molecular flexibility index (Phi) is 1.47. The molecule has 3 aliphatic rings. The van der Waals surface area contributed by atoms with Crippen molar-refractivity contribution >= 4 is 0 Å². The van der Waals surface area contributed by atoms with E-state index in [0.717, 1.165) is 25.7 Å². The summed E-state index contributed by atoms with van der Waals surface area (Å²) in [7, 11) is 0. The smallest absolute Gasteiger partial charge is 0.122 e. The van der Waals surface area contributed by atoms with Crippen LogP contribution in [-0.4, -0.2) is 42.8 Å². The summed E-state index contributed by atoms with van der Waals surface area (Å²) in [5, 5.41) is 3.31. The van der Waals surface area contributed by atoms with Crippen LogP contribution in [0.15, 0.2) is 0 Å². The number of hydrogen-bond acceptors (Lipinski definition) is 2. The third-order valence-corrected chi connectivity index (χ3v) is 3.47. The Morgan fingerprint density at radius 1 is 1.25 bits per heavy atom. The maximum atomic E-state index is 13.6. The van der Waals surface area contributed by atoms with Gasteiger partial charge >= 0.3 is 0 Å². The molecule has 2 saturated heterocycles. The summed E-state index contributed by atoms with van der Waals surface area (Å²) < 4.78 is 13.6. The van der Waals surface area contributed by atoms with Gasteiger partial charge in [-0.2, -0.15) is 0 Å². The van der Waals surface area contributed by atoms with Gasteiger partial charge in [-0.25, -0.2) is 4.39 Å². The van der Waals surface area contributed by atoms with Crippen molar-refractivity contribution in [3.63, 3.8) is 0 Å². The molecule has 12 heavy (non-hydrogen) atoms. The Bertz CT molecular complexity index is 193. The van der Waals surface area contributed by atoms with Crippen LogP contribution in [0.4, 0.5) is 4.39 Å². The molecule has 3 unspecified atom stereocenters. The van der Waals surface area contributed by atoms with Gasteiger partial charge in [-0.05, 0) is 12.8 Å². The van der Waals surface area contributed by atoms with Crippen LogP contribution in [0.5, 0.6) is 0 Å². The Hall–Kier alpha value is -0.150. The average molecular weight is 170 g/mol. The van der Waals surface area contributed by atoms with Crippen molar-refractivity contribution in [3.8, 4) is 0 Å². The van der Waals surface area contributed by atoms with Crippen LogP contribution in [0.2, 0.25) is 0 Å². The second kappa shape index (κ2) is 2.42. The molecule has 0 amide bonds. The highest BCUT2D eigenvalue weighted by Gasteiger charge is 2.49. The number of nitrogens with one attached hydrogen (secondary N) is 1. The quantitative estimate of drug-likeness (QED) is 0.612. The van der Waals surface area contributed by atoms with E-state index >= 15 is 0 Å². The highest BCUT2D eigenvalue weighted by Crippen LogP contribution is 2.38. The minimum absolute atomic E-state index is 0.205. The molecule has 2 heterocycles. The molecule has 0 aromatic heterocycles. The molecule has 3 rings (SSSR count). The molecule has 1 saturated carbocycles. The minimum Gasteiger partial charge on any atom is -0.315 e. The summed E-state index contributed by atoms with van der Waals surface area (Å²) in [6.45, 7) is 2.76. The van der Waals surface area contributed by atoms with Crippen LogP contribution in [0.25, 0.3) is 0 Å². The summed E-state index contributed by atoms with van der Waals surface area (Å²) >= 11 is 0. The van der Waals surface area contributed by atoms with Gasteiger partial charge in [0.25, 0.3) is 0 Å². The lowest BCUT2D eigenvalue weighted by Gasteiger charge is -2.27. The predicted molar refractivity (Wildman–Crippen MR) is 44.8 cm³/mol. The zero-order chi connectivity index (χ0) is 8.13. The van der Waals surface area contributed by atoms with Gasteiger partial charge < -0.3 is 5.32 Å². The van der Waals surface area contributed by atoms with Gasteiger partial charge in [-0.3, -0.25) is 4.90 Å². The molecule has 3 heteroatoms. The Balaban J connectivity index is 1.80. The fraction of sp³-hybridized carbons (Fsp3) is 1.00. The number of nitrogens with zero attached hydrogens (tertiary/aromatic N) is 1. The zero-order valence-electron chi connectivity index (χ0n) is 7.17. The highest BCUT2D eigenvalue weighted by molar-refractivity contribution is 5.04. The molecule has 1 N–H and O–H groups in total. The van der Waals surface area contributed by atoms with E-state index in [0.29, 0.717) is 0 Å². The highest BCUT2D eigenvalue weighted by atomic mass is 19.1. The van der Waals surface area contributed by atoms with Crippen molar-refractivity contribution < 1.29 is 4.39 Å². The zero-order valence-corrected chi connectivity index (χ0v) is 7.17. The SMILES string of the molecule is FC1C2CNCC1N(C1CC1)C2. The van der Waals surface area contributed by atoms with Crippen molar-refractivity contribution in [2.24, 2.45) is 5.92 Å². The van der Waals surface area contributed by atoms with Crippen molar-refractivity contribution in [2.45, 2.75) is 31.1 Å². The molecule has 2 nitrogen and oxygen atoms in total. The van der Waals surface area contributed by atoms with E-state index in [9.17, 15) is 4.39 Å². The normalized spacial score (nSPS) is 48.2. The first-order chi connectivity index (χ1) is 5.86. The molecule has 3 fully saturated rings. The number of alkyl halides is 1.